The van der Waals surface area contributed by atoms with E-state index in [1.54, 1.807) is 6.20 Å². The summed E-state index contributed by atoms with van der Waals surface area (Å²) in [6.07, 6.45) is 4.56. The molecule has 1 saturated heterocycles. The number of nitrogens with zero attached hydrogens (tertiary/aromatic N) is 2. The van der Waals surface area contributed by atoms with Crippen LogP contribution in [0.15, 0.2) is 30.5 Å². The average Bonchev–Trinajstić information content (AvgIpc) is 3.43. The second-order valence-corrected chi connectivity index (χ2v) is 6.39. The summed E-state index contributed by atoms with van der Waals surface area (Å²) in [5.41, 5.74) is 1.86. The maximum atomic E-state index is 6.15. The molecule has 126 valence electrons. The van der Waals surface area contributed by atoms with Crippen LogP contribution in [-0.2, 0) is 9.47 Å². The second kappa shape index (κ2) is 6.93. The van der Waals surface area contributed by atoms with E-state index in [4.69, 9.17) is 21.1 Å². The van der Waals surface area contributed by atoms with Gasteiger partial charge in [-0.3, -0.25) is 0 Å². The Labute approximate surface area is 145 Å². The quantitative estimate of drug-likeness (QED) is 0.856. The van der Waals surface area contributed by atoms with Crippen LogP contribution >= 0.6 is 11.6 Å². The molecule has 2 N–H and O–H groups in total. The molecule has 7 heteroatoms. The second-order valence-electron chi connectivity index (χ2n) is 5.99. The molecule has 4 rings (SSSR count). The maximum absolute atomic E-state index is 6.15. The molecule has 1 aromatic heterocycles. The molecule has 2 fully saturated rings. The zero-order valence-electron chi connectivity index (χ0n) is 13.2. The highest BCUT2D eigenvalue weighted by atomic mass is 35.5. The first-order valence-electron chi connectivity index (χ1n) is 8.17. The van der Waals surface area contributed by atoms with Crippen molar-refractivity contribution in [2.45, 2.75) is 31.6 Å². The monoisotopic (exact) mass is 346 g/mol. The number of anilines is 3. The highest BCUT2D eigenvalue weighted by Gasteiger charge is 2.23. The molecule has 0 atom stereocenters. The number of rotatable bonds is 5. The summed E-state index contributed by atoms with van der Waals surface area (Å²) in [7, 11) is 0. The number of halogens is 1. The Morgan fingerprint density at radius 1 is 1.17 bits per heavy atom. The first kappa shape index (κ1) is 15.6. The molecule has 0 amide bonds. The minimum Gasteiger partial charge on any atom is -0.366 e. The Morgan fingerprint density at radius 2 is 2.00 bits per heavy atom. The predicted octanol–water partition coefficient (Wildman–Crippen LogP) is 3.88. The fourth-order valence-corrected chi connectivity index (χ4v) is 2.67. The third-order valence-electron chi connectivity index (χ3n) is 3.90. The number of nitrogens with one attached hydrogen (secondary N) is 2. The van der Waals surface area contributed by atoms with Gasteiger partial charge >= 0.3 is 0 Å². The van der Waals surface area contributed by atoms with Crippen molar-refractivity contribution in [3.63, 3.8) is 0 Å². The lowest BCUT2D eigenvalue weighted by molar-refractivity contribution is -0.183. The van der Waals surface area contributed by atoms with Crippen LogP contribution in [0.3, 0.4) is 0 Å². The molecule has 1 saturated carbocycles. The summed E-state index contributed by atoms with van der Waals surface area (Å²) >= 11 is 6.15. The van der Waals surface area contributed by atoms with Crippen LogP contribution < -0.4 is 10.6 Å². The molecule has 0 spiro atoms. The molecule has 1 aliphatic heterocycles. The standard InChI is InChI=1S/C17H19ClN4O2/c18-14-10-19-17(22-15(14)20-12-5-6-12)21-13-4-1-3-11(9-13)16-23-7-2-8-24-16/h1,3-4,9-10,12,16H,2,5-8H2,(H2,19,20,21,22). The number of hydrogen-bond acceptors (Lipinski definition) is 6. The van der Waals surface area contributed by atoms with Crippen molar-refractivity contribution < 1.29 is 9.47 Å². The molecular formula is C17H19ClN4O2. The van der Waals surface area contributed by atoms with Gasteiger partial charge in [0.1, 0.15) is 5.02 Å². The van der Waals surface area contributed by atoms with Gasteiger partial charge in [-0.15, -0.1) is 0 Å². The number of ether oxygens (including phenoxy) is 2. The third-order valence-corrected chi connectivity index (χ3v) is 4.18. The number of hydrogen-bond donors (Lipinski definition) is 2. The third kappa shape index (κ3) is 3.77. The molecule has 2 heterocycles. The van der Waals surface area contributed by atoms with Crippen molar-refractivity contribution in [1.29, 1.82) is 0 Å². The summed E-state index contributed by atoms with van der Waals surface area (Å²) in [5, 5.41) is 7.06. The van der Waals surface area contributed by atoms with Gasteiger partial charge in [0.2, 0.25) is 5.95 Å². The Hall–Kier alpha value is -1.89. The van der Waals surface area contributed by atoms with Gasteiger partial charge in [0.05, 0.1) is 19.4 Å². The van der Waals surface area contributed by atoms with Crippen LogP contribution in [0.2, 0.25) is 5.02 Å². The normalized spacial score (nSPS) is 18.4. The molecule has 2 aromatic rings. The molecule has 0 bridgehead atoms. The fraction of sp³-hybridized carbons (Fsp3) is 0.412. The molecule has 1 aliphatic carbocycles. The molecular weight excluding hydrogens is 328 g/mol. The highest BCUT2D eigenvalue weighted by molar-refractivity contribution is 6.32. The van der Waals surface area contributed by atoms with Gasteiger partial charge in [-0.1, -0.05) is 23.7 Å². The van der Waals surface area contributed by atoms with Crippen LogP contribution in [0.25, 0.3) is 0 Å². The lowest BCUT2D eigenvalue weighted by atomic mass is 10.2. The molecule has 2 aliphatic rings. The van der Waals surface area contributed by atoms with E-state index in [2.05, 4.69) is 20.6 Å². The topological polar surface area (TPSA) is 68.3 Å². The summed E-state index contributed by atoms with van der Waals surface area (Å²) in [6, 6.07) is 8.37. The van der Waals surface area contributed by atoms with E-state index >= 15 is 0 Å². The van der Waals surface area contributed by atoms with Crippen molar-refractivity contribution in [1.82, 2.24) is 9.97 Å². The van der Waals surface area contributed by atoms with Crippen LogP contribution in [0, 0.1) is 0 Å². The van der Waals surface area contributed by atoms with Crippen molar-refractivity contribution >= 4 is 29.1 Å². The first-order chi connectivity index (χ1) is 11.8. The van der Waals surface area contributed by atoms with Gasteiger partial charge in [-0.25, -0.2) is 4.98 Å². The maximum Gasteiger partial charge on any atom is 0.229 e. The van der Waals surface area contributed by atoms with E-state index in [0.717, 1.165) is 43.7 Å². The fourth-order valence-electron chi connectivity index (χ4n) is 2.52. The van der Waals surface area contributed by atoms with Crippen LogP contribution in [-0.4, -0.2) is 29.2 Å². The van der Waals surface area contributed by atoms with Gasteiger partial charge < -0.3 is 20.1 Å². The van der Waals surface area contributed by atoms with E-state index < -0.39 is 0 Å². The summed E-state index contributed by atoms with van der Waals surface area (Å²) in [6.45, 7) is 1.44. The summed E-state index contributed by atoms with van der Waals surface area (Å²) < 4.78 is 11.3. The Kier molecular flexibility index (Phi) is 4.51. The van der Waals surface area contributed by atoms with Crippen LogP contribution in [0.4, 0.5) is 17.5 Å². The zero-order valence-corrected chi connectivity index (χ0v) is 13.9. The zero-order chi connectivity index (χ0) is 16.4. The van der Waals surface area contributed by atoms with Gasteiger partial charge in [0, 0.05) is 17.3 Å². The van der Waals surface area contributed by atoms with Crippen molar-refractivity contribution in [3.8, 4) is 0 Å². The van der Waals surface area contributed by atoms with Crippen LogP contribution in [0.5, 0.6) is 0 Å². The lowest BCUT2D eigenvalue weighted by Crippen LogP contribution is -2.17. The SMILES string of the molecule is Clc1cnc(Nc2cccc(C3OCCCO3)c2)nc1NC1CC1. The Bertz CT molecular complexity index is 717. The molecule has 1 aromatic carbocycles. The molecule has 0 unspecified atom stereocenters. The smallest absolute Gasteiger partial charge is 0.229 e. The largest absolute Gasteiger partial charge is 0.366 e. The number of benzene rings is 1. The van der Waals surface area contributed by atoms with Gasteiger partial charge in [-0.2, -0.15) is 4.98 Å². The lowest BCUT2D eigenvalue weighted by Gasteiger charge is -2.23. The minimum atomic E-state index is -0.307. The highest BCUT2D eigenvalue weighted by Crippen LogP contribution is 2.29. The summed E-state index contributed by atoms with van der Waals surface area (Å²) in [4.78, 5) is 8.71. The van der Waals surface area contributed by atoms with E-state index in [-0.39, 0.29) is 6.29 Å². The molecule has 6 nitrogen and oxygen atoms in total. The average molecular weight is 347 g/mol. The van der Waals surface area contributed by atoms with Gasteiger partial charge in [-0.05, 0) is 31.4 Å². The van der Waals surface area contributed by atoms with Gasteiger partial charge in [0.15, 0.2) is 12.1 Å². The Balaban J connectivity index is 1.50. The van der Waals surface area contributed by atoms with E-state index in [1.165, 1.54) is 0 Å². The van der Waals surface area contributed by atoms with Crippen molar-refractivity contribution in [3.05, 3.63) is 41.0 Å². The van der Waals surface area contributed by atoms with E-state index in [9.17, 15) is 0 Å². The van der Waals surface area contributed by atoms with Crippen LogP contribution in [0.1, 0.15) is 31.1 Å². The van der Waals surface area contributed by atoms with E-state index in [0.29, 0.717) is 22.8 Å². The molecule has 0 radical (unpaired) electrons. The van der Waals surface area contributed by atoms with Gasteiger partial charge in [0.25, 0.3) is 0 Å². The predicted molar refractivity (Wildman–Crippen MR) is 92.7 cm³/mol. The molecule has 24 heavy (non-hydrogen) atoms. The van der Waals surface area contributed by atoms with Crippen molar-refractivity contribution in [2.75, 3.05) is 23.8 Å². The summed E-state index contributed by atoms with van der Waals surface area (Å²) in [5.74, 6) is 1.18. The van der Waals surface area contributed by atoms with Crippen molar-refractivity contribution in [2.24, 2.45) is 0 Å². The minimum absolute atomic E-state index is 0.307. The first-order valence-corrected chi connectivity index (χ1v) is 8.55. The van der Waals surface area contributed by atoms with E-state index in [1.807, 2.05) is 24.3 Å². The Morgan fingerprint density at radius 3 is 2.79 bits per heavy atom. The number of aromatic nitrogens is 2.